The fourth-order valence-corrected chi connectivity index (χ4v) is 3.00. The summed E-state index contributed by atoms with van der Waals surface area (Å²) in [6, 6.07) is 11.7. The number of hydrogen-bond donors (Lipinski definition) is 1. The van der Waals surface area contributed by atoms with Crippen LogP contribution < -0.4 is 14.8 Å². The minimum Gasteiger partial charge on any atom is -0.490 e. The predicted molar refractivity (Wildman–Crippen MR) is 105 cm³/mol. The van der Waals surface area contributed by atoms with Gasteiger partial charge < -0.3 is 19.5 Å². The summed E-state index contributed by atoms with van der Waals surface area (Å²) in [5.74, 6) is 1.44. The first-order chi connectivity index (χ1) is 12.1. The Labute approximate surface area is 162 Å². The fraction of sp³-hybridized carbons (Fsp3) is 0.368. The van der Waals surface area contributed by atoms with Crippen molar-refractivity contribution in [3.05, 3.63) is 57.0 Å². The van der Waals surface area contributed by atoms with E-state index in [9.17, 15) is 0 Å². The van der Waals surface area contributed by atoms with Gasteiger partial charge in [0.15, 0.2) is 11.5 Å². The van der Waals surface area contributed by atoms with E-state index in [1.807, 2.05) is 43.3 Å². The highest BCUT2D eigenvalue weighted by molar-refractivity contribution is 9.10. The van der Waals surface area contributed by atoms with Gasteiger partial charge in [0.1, 0.15) is 6.61 Å². The number of halogens is 2. The van der Waals surface area contributed by atoms with Crippen LogP contribution in [0.25, 0.3) is 0 Å². The molecule has 2 rings (SSSR count). The first-order valence-electron chi connectivity index (χ1n) is 8.16. The number of hydrogen-bond acceptors (Lipinski definition) is 4. The molecule has 6 heteroatoms. The van der Waals surface area contributed by atoms with Crippen LogP contribution in [0.1, 0.15) is 18.1 Å². The van der Waals surface area contributed by atoms with Crippen LogP contribution in [-0.2, 0) is 17.9 Å². The van der Waals surface area contributed by atoms with Crippen LogP contribution in [0.15, 0.2) is 40.9 Å². The van der Waals surface area contributed by atoms with E-state index in [2.05, 4.69) is 21.2 Å². The number of benzene rings is 2. The Morgan fingerprint density at radius 2 is 1.84 bits per heavy atom. The van der Waals surface area contributed by atoms with Gasteiger partial charge in [0.05, 0.1) is 17.7 Å². The summed E-state index contributed by atoms with van der Waals surface area (Å²) >= 11 is 9.51. The molecular formula is C19H23BrClNO3. The quantitative estimate of drug-likeness (QED) is 0.551. The molecule has 0 spiro atoms. The minimum absolute atomic E-state index is 0.446. The lowest BCUT2D eigenvalue weighted by molar-refractivity contribution is 0.199. The molecule has 0 unspecified atom stereocenters. The van der Waals surface area contributed by atoms with Gasteiger partial charge >= 0.3 is 0 Å². The predicted octanol–water partition coefficient (Wildman–Crippen LogP) is 4.82. The Morgan fingerprint density at radius 3 is 2.52 bits per heavy atom. The highest BCUT2D eigenvalue weighted by atomic mass is 79.9. The minimum atomic E-state index is 0.446. The lowest BCUT2D eigenvalue weighted by Crippen LogP contribution is -2.18. The van der Waals surface area contributed by atoms with Crippen molar-refractivity contribution in [1.82, 2.24) is 5.32 Å². The molecule has 0 atom stereocenters. The summed E-state index contributed by atoms with van der Waals surface area (Å²) in [5.41, 5.74) is 2.16. The number of nitrogens with one attached hydrogen (secondary N) is 1. The molecule has 0 aliphatic rings. The van der Waals surface area contributed by atoms with Crippen LogP contribution in [0.3, 0.4) is 0 Å². The molecule has 0 radical (unpaired) electrons. The summed E-state index contributed by atoms with van der Waals surface area (Å²) in [6.45, 7) is 5.19. The summed E-state index contributed by atoms with van der Waals surface area (Å²) in [6.07, 6.45) is 0. The molecule has 2 aromatic rings. The zero-order chi connectivity index (χ0) is 18.1. The summed E-state index contributed by atoms with van der Waals surface area (Å²) in [5, 5.41) is 4.04. The van der Waals surface area contributed by atoms with Gasteiger partial charge in [-0.1, -0.05) is 23.7 Å². The normalized spacial score (nSPS) is 10.7. The highest BCUT2D eigenvalue weighted by Gasteiger charge is 2.12. The van der Waals surface area contributed by atoms with Gasteiger partial charge in [-0.3, -0.25) is 0 Å². The third-order valence-electron chi connectivity index (χ3n) is 3.48. The van der Waals surface area contributed by atoms with Gasteiger partial charge in [0.2, 0.25) is 0 Å². The van der Waals surface area contributed by atoms with E-state index < -0.39 is 0 Å². The molecule has 25 heavy (non-hydrogen) atoms. The smallest absolute Gasteiger partial charge is 0.175 e. The molecule has 0 bridgehead atoms. The van der Waals surface area contributed by atoms with E-state index in [-0.39, 0.29) is 0 Å². The van der Waals surface area contributed by atoms with Gasteiger partial charge in [-0.2, -0.15) is 0 Å². The van der Waals surface area contributed by atoms with Crippen molar-refractivity contribution < 1.29 is 14.2 Å². The van der Waals surface area contributed by atoms with Gasteiger partial charge in [-0.25, -0.2) is 0 Å². The fourth-order valence-electron chi connectivity index (χ4n) is 2.27. The lowest BCUT2D eigenvalue weighted by Gasteiger charge is -2.16. The molecule has 1 N–H and O–H groups in total. The Morgan fingerprint density at radius 1 is 1.08 bits per heavy atom. The van der Waals surface area contributed by atoms with Gasteiger partial charge in [0.25, 0.3) is 0 Å². The van der Waals surface area contributed by atoms with Crippen molar-refractivity contribution in [1.29, 1.82) is 0 Å². The number of methoxy groups -OCH3 is 1. The Kier molecular flexibility index (Phi) is 8.55. The van der Waals surface area contributed by atoms with Crippen LogP contribution in [0.4, 0.5) is 0 Å². The van der Waals surface area contributed by atoms with E-state index in [0.717, 1.165) is 34.4 Å². The molecule has 0 saturated heterocycles. The van der Waals surface area contributed by atoms with Gasteiger partial charge in [-0.05, 0) is 58.2 Å². The summed E-state index contributed by atoms with van der Waals surface area (Å²) in [4.78, 5) is 0. The Hall–Kier alpha value is -1.27. The molecule has 0 aromatic heterocycles. The molecule has 0 fully saturated rings. The standard InChI is InChI=1S/C19H23BrClNO3/c1-3-24-18-11-15(12-22-8-9-23-2)10-17(20)19(18)25-13-14-4-6-16(21)7-5-14/h4-7,10-11,22H,3,8-9,12-13H2,1-2H3. The molecule has 2 aromatic carbocycles. The average molecular weight is 429 g/mol. The molecular weight excluding hydrogens is 406 g/mol. The van der Waals surface area contributed by atoms with Crippen LogP contribution in [0, 0.1) is 0 Å². The first-order valence-corrected chi connectivity index (χ1v) is 9.33. The van der Waals surface area contributed by atoms with Gasteiger partial charge in [0, 0.05) is 25.2 Å². The monoisotopic (exact) mass is 427 g/mol. The summed E-state index contributed by atoms with van der Waals surface area (Å²) in [7, 11) is 1.69. The highest BCUT2D eigenvalue weighted by Crippen LogP contribution is 2.37. The Balaban J connectivity index is 2.08. The maximum Gasteiger partial charge on any atom is 0.175 e. The molecule has 0 saturated carbocycles. The van der Waals surface area contributed by atoms with E-state index in [1.165, 1.54) is 0 Å². The summed E-state index contributed by atoms with van der Waals surface area (Å²) < 4.78 is 17.7. The van der Waals surface area contributed by atoms with Crippen LogP contribution in [0.5, 0.6) is 11.5 Å². The van der Waals surface area contributed by atoms with Gasteiger partial charge in [-0.15, -0.1) is 0 Å². The SMILES string of the molecule is CCOc1cc(CNCCOC)cc(Br)c1OCc1ccc(Cl)cc1. The van der Waals surface area contributed by atoms with E-state index in [0.29, 0.717) is 30.6 Å². The second-order valence-electron chi connectivity index (χ2n) is 5.42. The maximum atomic E-state index is 5.99. The molecule has 136 valence electrons. The number of ether oxygens (including phenoxy) is 3. The third-order valence-corrected chi connectivity index (χ3v) is 4.32. The van der Waals surface area contributed by atoms with E-state index in [1.54, 1.807) is 7.11 Å². The van der Waals surface area contributed by atoms with Crippen molar-refractivity contribution in [2.24, 2.45) is 0 Å². The van der Waals surface area contributed by atoms with Crippen molar-refractivity contribution in [3.63, 3.8) is 0 Å². The van der Waals surface area contributed by atoms with Crippen LogP contribution in [-0.4, -0.2) is 26.9 Å². The molecule has 0 aliphatic heterocycles. The van der Waals surface area contributed by atoms with E-state index in [4.69, 9.17) is 25.8 Å². The Bertz CT molecular complexity index is 664. The lowest BCUT2D eigenvalue weighted by atomic mass is 10.2. The second kappa shape index (κ2) is 10.7. The topological polar surface area (TPSA) is 39.7 Å². The van der Waals surface area contributed by atoms with Crippen molar-refractivity contribution in [2.45, 2.75) is 20.1 Å². The molecule has 4 nitrogen and oxygen atoms in total. The second-order valence-corrected chi connectivity index (χ2v) is 6.71. The van der Waals surface area contributed by atoms with Crippen LogP contribution >= 0.6 is 27.5 Å². The van der Waals surface area contributed by atoms with Crippen molar-refractivity contribution in [2.75, 3.05) is 26.9 Å². The number of rotatable bonds is 10. The zero-order valence-electron chi connectivity index (χ0n) is 14.5. The largest absolute Gasteiger partial charge is 0.490 e. The van der Waals surface area contributed by atoms with Crippen LogP contribution in [0.2, 0.25) is 5.02 Å². The van der Waals surface area contributed by atoms with E-state index >= 15 is 0 Å². The first kappa shape index (κ1) is 20.0. The molecule has 0 aliphatic carbocycles. The van der Waals surface area contributed by atoms with Crippen molar-refractivity contribution in [3.8, 4) is 11.5 Å². The average Bonchev–Trinajstić information content (AvgIpc) is 2.60. The molecule has 0 heterocycles. The van der Waals surface area contributed by atoms with Crippen molar-refractivity contribution >= 4 is 27.5 Å². The molecule has 0 amide bonds. The maximum absolute atomic E-state index is 5.99. The zero-order valence-corrected chi connectivity index (χ0v) is 16.8. The third kappa shape index (κ3) is 6.51.